The van der Waals surface area contributed by atoms with E-state index in [1.807, 2.05) is 6.20 Å². The van der Waals surface area contributed by atoms with Gasteiger partial charge in [-0.3, -0.25) is 0 Å². The Balaban J connectivity index is 0. The molecule has 0 fully saturated rings. The topological polar surface area (TPSA) is 45.2 Å². The van der Waals surface area contributed by atoms with Gasteiger partial charge in [-0.25, -0.2) is 4.98 Å². The summed E-state index contributed by atoms with van der Waals surface area (Å²) in [5.74, 6) is 0. The minimum Gasteiger partial charge on any atom is -0.396 e. The number of aromatic nitrogens is 1. The molecule has 0 aliphatic carbocycles. The van der Waals surface area contributed by atoms with Crippen molar-refractivity contribution in [3.8, 4) is 0 Å². The number of halogens is 2. The van der Waals surface area contributed by atoms with Crippen molar-refractivity contribution in [1.82, 2.24) is 10.3 Å². The largest absolute Gasteiger partial charge is 0.396 e. The zero-order chi connectivity index (χ0) is 8.81. The molecule has 0 unspecified atom stereocenters. The average molecular weight is 259 g/mol. The maximum atomic E-state index is 8.51. The van der Waals surface area contributed by atoms with Gasteiger partial charge in [-0.05, 0) is 19.9 Å². The maximum absolute atomic E-state index is 8.51. The van der Waals surface area contributed by atoms with Gasteiger partial charge in [0.25, 0.3) is 0 Å². The summed E-state index contributed by atoms with van der Waals surface area (Å²) in [6, 6.07) is 0. The Hall–Kier alpha value is 0.130. The summed E-state index contributed by atoms with van der Waals surface area (Å²) < 4.78 is 0. The molecule has 84 valence electrons. The van der Waals surface area contributed by atoms with E-state index in [0.717, 1.165) is 24.5 Å². The summed E-state index contributed by atoms with van der Waals surface area (Å²) in [5.41, 5.74) is 0. The lowest BCUT2D eigenvalue weighted by atomic mass is 10.4. The van der Waals surface area contributed by atoms with E-state index in [4.69, 9.17) is 5.11 Å². The second-order valence-electron chi connectivity index (χ2n) is 2.62. The molecule has 0 radical (unpaired) electrons. The molecule has 0 amide bonds. The number of thiazole rings is 1. The van der Waals surface area contributed by atoms with Gasteiger partial charge >= 0.3 is 0 Å². The predicted molar refractivity (Wildman–Crippen MR) is 64.8 cm³/mol. The van der Waals surface area contributed by atoms with Gasteiger partial charge < -0.3 is 10.4 Å². The van der Waals surface area contributed by atoms with Gasteiger partial charge in [-0.2, -0.15) is 0 Å². The van der Waals surface area contributed by atoms with Gasteiger partial charge in [-0.15, -0.1) is 36.2 Å². The molecule has 6 heteroatoms. The molecule has 1 heterocycles. The van der Waals surface area contributed by atoms with E-state index in [9.17, 15) is 0 Å². The van der Waals surface area contributed by atoms with E-state index in [-0.39, 0.29) is 31.4 Å². The Morgan fingerprint density at radius 1 is 1.50 bits per heavy atom. The molecule has 14 heavy (non-hydrogen) atoms. The molecule has 1 aromatic rings. The standard InChI is InChI=1S/C8H14N2OS.2ClH/c1-7-5-10-8(12-7)6-9-3-2-4-11;;/h5,9,11H,2-4,6H2,1H3;2*1H. The first kappa shape index (κ1) is 16.6. The van der Waals surface area contributed by atoms with Crippen LogP contribution in [0.1, 0.15) is 16.3 Å². The van der Waals surface area contributed by atoms with Gasteiger partial charge in [0.15, 0.2) is 0 Å². The second-order valence-corrected chi connectivity index (χ2v) is 3.94. The third-order valence-electron chi connectivity index (χ3n) is 1.46. The second kappa shape index (κ2) is 9.68. The highest BCUT2D eigenvalue weighted by Gasteiger charge is 1.96. The lowest BCUT2D eigenvalue weighted by Crippen LogP contribution is -2.15. The van der Waals surface area contributed by atoms with Crippen molar-refractivity contribution in [2.24, 2.45) is 0 Å². The summed E-state index contributed by atoms with van der Waals surface area (Å²) in [7, 11) is 0. The van der Waals surface area contributed by atoms with Crippen molar-refractivity contribution in [2.75, 3.05) is 13.2 Å². The fourth-order valence-electron chi connectivity index (χ4n) is 0.883. The first-order chi connectivity index (χ1) is 5.83. The fraction of sp³-hybridized carbons (Fsp3) is 0.625. The van der Waals surface area contributed by atoms with Crippen LogP contribution in [0.15, 0.2) is 6.20 Å². The number of aliphatic hydroxyl groups is 1. The van der Waals surface area contributed by atoms with Crippen LogP contribution in [-0.4, -0.2) is 23.2 Å². The molecule has 0 aliphatic heterocycles. The number of aryl methyl sites for hydroxylation is 1. The van der Waals surface area contributed by atoms with Gasteiger partial charge in [0.2, 0.25) is 0 Å². The van der Waals surface area contributed by atoms with Crippen LogP contribution in [0.4, 0.5) is 0 Å². The monoisotopic (exact) mass is 258 g/mol. The van der Waals surface area contributed by atoms with Crippen LogP contribution in [0.5, 0.6) is 0 Å². The zero-order valence-electron chi connectivity index (χ0n) is 8.02. The Labute approximate surface area is 101 Å². The summed E-state index contributed by atoms with van der Waals surface area (Å²) in [6.07, 6.45) is 2.69. The van der Waals surface area contributed by atoms with E-state index in [1.165, 1.54) is 4.88 Å². The van der Waals surface area contributed by atoms with E-state index in [2.05, 4.69) is 17.2 Å². The van der Waals surface area contributed by atoms with Crippen molar-refractivity contribution in [3.63, 3.8) is 0 Å². The predicted octanol–water partition coefficient (Wildman–Crippen LogP) is 1.77. The summed E-state index contributed by atoms with van der Waals surface area (Å²) >= 11 is 1.71. The molecule has 3 nitrogen and oxygen atoms in total. The van der Waals surface area contributed by atoms with Crippen molar-refractivity contribution < 1.29 is 5.11 Å². The molecule has 0 saturated carbocycles. The molecule has 1 rings (SSSR count). The molecular formula is C8H16Cl2N2OS. The minimum atomic E-state index is 0. The number of hydrogen-bond donors (Lipinski definition) is 2. The van der Waals surface area contributed by atoms with Crippen LogP contribution < -0.4 is 5.32 Å². The summed E-state index contributed by atoms with van der Waals surface area (Å²) in [6.45, 7) is 3.98. The summed E-state index contributed by atoms with van der Waals surface area (Å²) in [5, 5.41) is 12.8. The molecule has 0 bridgehead atoms. The average Bonchev–Trinajstić information content (AvgIpc) is 2.45. The van der Waals surface area contributed by atoms with Gasteiger partial charge in [0, 0.05) is 24.2 Å². The van der Waals surface area contributed by atoms with Crippen LogP contribution in [0.3, 0.4) is 0 Å². The lowest BCUT2D eigenvalue weighted by Gasteiger charge is -1.98. The van der Waals surface area contributed by atoms with E-state index in [1.54, 1.807) is 11.3 Å². The van der Waals surface area contributed by atoms with Crippen LogP contribution in [-0.2, 0) is 6.54 Å². The number of nitrogens with one attached hydrogen (secondary N) is 1. The van der Waals surface area contributed by atoms with Gasteiger partial charge in [0.1, 0.15) is 5.01 Å². The molecule has 0 spiro atoms. The zero-order valence-corrected chi connectivity index (χ0v) is 10.5. The quantitative estimate of drug-likeness (QED) is 0.792. The van der Waals surface area contributed by atoms with Crippen LogP contribution >= 0.6 is 36.2 Å². The third kappa shape index (κ3) is 6.56. The first-order valence-corrected chi connectivity index (χ1v) is 4.87. The van der Waals surface area contributed by atoms with Crippen LogP contribution in [0, 0.1) is 6.92 Å². The molecule has 1 aromatic heterocycles. The third-order valence-corrected chi connectivity index (χ3v) is 2.37. The number of nitrogens with zero attached hydrogens (tertiary/aromatic N) is 1. The molecule has 2 N–H and O–H groups in total. The molecule has 0 aliphatic rings. The highest BCUT2D eigenvalue weighted by molar-refractivity contribution is 7.11. The number of aliphatic hydroxyl groups excluding tert-OH is 1. The molecular weight excluding hydrogens is 243 g/mol. The smallest absolute Gasteiger partial charge is 0.107 e. The van der Waals surface area contributed by atoms with Gasteiger partial charge in [0.05, 0.1) is 0 Å². The van der Waals surface area contributed by atoms with E-state index < -0.39 is 0 Å². The Morgan fingerprint density at radius 3 is 2.71 bits per heavy atom. The van der Waals surface area contributed by atoms with Crippen molar-refractivity contribution in [3.05, 3.63) is 16.1 Å². The van der Waals surface area contributed by atoms with Crippen LogP contribution in [0.25, 0.3) is 0 Å². The van der Waals surface area contributed by atoms with Crippen molar-refractivity contribution >= 4 is 36.2 Å². The highest BCUT2D eigenvalue weighted by atomic mass is 35.5. The summed E-state index contributed by atoms with van der Waals surface area (Å²) in [4.78, 5) is 5.45. The molecule has 0 saturated heterocycles. The molecule has 0 aromatic carbocycles. The minimum absolute atomic E-state index is 0. The maximum Gasteiger partial charge on any atom is 0.107 e. The highest BCUT2D eigenvalue weighted by Crippen LogP contribution is 2.10. The van der Waals surface area contributed by atoms with Crippen molar-refractivity contribution in [2.45, 2.75) is 19.9 Å². The van der Waals surface area contributed by atoms with Crippen LogP contribution in [0.2, 0.25) is 0 Å². The molecule has 0 atom stereocenters. The normalized spacial score (nSPS) is 9.00. The Morgan fingerprint density at radius 2 is 2.21 bits per heavy atom. The SMILES string of the molecule is Cc1cnc(CNCCCO)s1.Cl.Cl. The Bertz CT molecular complexity index is 233. The fourth-order valence-corrected chi connectivity index (χ4v) is 1.64. The van der Waals surface area contributed by atoms with Crippen molar-refractivity contribution in [1.29, 1.82) is 0 Å². The number of hydrogen-bond acceptors (Lipinski definition) is 4. The first-order valence-electron chi connectivity index (χ1n) is 4.06. The van der Waals surface area contributed by atoms with E-state index >= 15 is 0 Å². The Kier molecular flexibility index (Phi) is 11.4. The van der Waals surface area contributed by atoms with E-state index in [0.29, 0.717) is 0 Å². The van der Waals surface area contributed by atoms with Gasteiger partial charge in [-0.1, -0.05) is 0 Å². The lowest BCUT2D eigenvalue weighted by molar-refractivity contribution is 0.286. The number of rotatable bonds is 5.